The molecular weight excluding hydrogens is 174 g/mol. The van der Waals surface area contributed by atoms with Crippen LogP contribution in [-0.4, -0.2) is 10.9 Å². The summed E-state index contributed by atoms with van der Waals surface area (Å²) in [7, 11) is 0. The van der Waals surface area contributed by atoms with Gasteiger partial charge in [-0.25, -0.2) is 0 Å². The van der Waals surface area contributed by atoms with Crippen molar-refractivity contribution < 1.29 is 5.21 Å². The van der Waals surface area contributed by atoms with Crippen molar-refractivity contribution in [2.24, 2.45) is 22.4 Å². The molecule has 1 saturated carbocycles. The van der Waals surface area contributed by atoms with E-state index < -0.39 is 0 Å². The Kier molecular flexibility index (Phi) is 3.57. The van der Waals surface area contributed by atoms with E-state index in [1.54, 1.807) is 0 Å². The topological polar surface area (TPSA) is 32.6 Å². The molecule has 1 fully saturated rings. The monoisotopic (exact) mass is 197 g/mol. The van der Waals surface area contributed by atoms with Crippen molar-refractivity contribution in [2.45, 2.75) is 53.4 Å². The lowest BCUT2D eigenvalue weighted by Crippen LogP contribution is -2.30. The molecule has 2 nitrogen and oxygen atoms in total. The van der Waals surface area contributed by atoms with Gasteiger partial charge in [0.2, 0.25) is 0 Å². The van der Waals surface area contributed by atoms with Gasteiger partial charge < -0.3 is 5.21 Å². The van der Waals surface area contributed by atoms with Gasteiger partial charge in [-0.05, 0) is 18.3 Å². The normalized spacial score (nSPS) is 22.7. The molecule has 0 radical (unpaired) electrons. The molecule has 0 bridgehead atoms. The molecule has 0 aromatic heterocycles. The van der Waals surface area contributed by atoms with Gasteiger partial charge in [0.15, 0.2) is 0 Å². The Morgan fingerprint density at radius 1 is 1.29 bits per heavy atom. The van der Waals surface area contributed by atoms with Crippen molar-refractivity contribution in [1.82, 2.24) is 0 Å². The van der Waals surface area contributed by atoms with E-state index in [0.29, 0.717) is 11.8 Å². The van der Waals surface area contributed by atoms with Crippen molar-refractivity contribution >= 4 is 5.71 Å². The molecule has 0 spiro atoms. The SMILES string of the molecule is CC(/C(=N/O)C1CCCC1)C(C)(C)C. The Bertz CT molecular complexity index is 209. The summed E-state index contributed by atoms with van der Waals surface area (Å²) in [5.41, 5.74) is 1.22. The standard InChI is InChI=1S/C12H23NO/c1-9(12(2,3)4)11(13-14)10-7-5-6-8-10/h9-10,14H,5-8H2,1-4H3/b13-11-. The quantitative estimate of drug-likeness (QED) is 0.409. The number of rotatable bonds is 2. The second-order valence-electron chi connectivity index (χ2n) is 5.59. The summed E-state index contributed by atoms with van der Waals surface area (Å²) in [5, 5.41) is 12.7. The third-order valence-corrected chi connectivity index (χ3v) is 3.63. The number of nitrogens with zero attached hydrogens (tertiary/aromatic N) is 1. The van der Waals surface area contributed by atoms with Crippen LogP contribution in [0.1, 0.15) is 53.4 Å². The third-order valence-electron chi connectivity index (χ3n) is 3.63. The molecule has 0 aliphatic heterocycles. The second kappa shape index (κ2) is 4.33. The molecule has 0 aromatic rings. The van der Waals surface area contributed by atoms with E-state index in [2.05, 4.69) is 32.9 Å². The Morgan fingerprint density at radius 2 is 1.79 bits per heavy atom. The Labute approximate surface area is 87.4 Å². The Morgan fingerprint density at radius 3 is 2.14 bits per heavy atom. The summed E-state index contributed by atoms with van der Waals surface area (Å²) < 4.78 is 0. The molecule has 1 aliphatic carbocycles. The summed E-state index contributed by atoms with van der Waals surface area (Å²) in [6, 6.07) is 0. The first-order valence-electron chi connectivity index (χ1n) is 5.68. The lowest BCUT2D eigenvalue weighted by Gasteiger charge is -2.30. The molecule has 1 aliphatic rings. The lowest BCUT2D eigenvalue weighted by atomic mass is 9.75. The zero-order valence-corrected chi connectivity index (χ0v) is 9.88. The first kappa shape index (κ1) is 11.5. The minimum Gasteiger partial charge on any atom is -0.411 e. The fraction of sp³-hybridized carbons (Fsp3) is 0.917. The van der Waals surface area contributed by atoms with Gasteiger partial charge in [-0.2, -0.15) is 0 Å². The fourth-order valence-electron chi connectivity index (χ4n) is 2.19. The Balaban J connectivity index is 2.71. The summed E-state index contributed by atoms with van der Waals surface area (Å²) in [5.74, 6) is 0.907. The smallest absolute Gasteiger partial charge is 0.0634 e. The average Bonchev–Trinajstić information content (AvgIpc) is 2.57. The summed E-state index contributed by atoms with van der Waals surface area (Å²) >= 11 is 0. The van der Waals surface area contributed by atoms with Gasteiger partial charge in [0.1, 0.15) is 0 Å². The molecule has 1 N–H and O–H groups in total. The van der Waals surface area contributed by atoms with Crippen LogP contribution in [0.4, 0.5) is 0 Å². The number of hydrogen-bond acceptors (Lipinski definition) is 2. The lowest BCUT2D eigenvalue weighted by molar-refractivity contribution is 0.281. The van der Waals surface area contributed by atoms with Crippen LogP contribution in [-0.2, 0) is 0 Å². The number of oxime groups is 1. The maximum atomic E-state index is 9.11. The molecule has 0 heterocycles. The van der Waals surface area contributed by atoms with E-state index in [1.807, 2.05) is 0 Å². The van der Waals surface area contributed by atoms with Crippen LogP contribution in [0.25, 0.3) is 0 Å². The highest BCUT2D eigenvalue weighted by molar-refractivity contribution is 5.89. The summed E-state index contributed by atoms with van der Waals surface area (Å²) in [4.78, 5) is 0. The third kappa shape index (κ3) is 2.49. The first-order chi connectivity index (χ1) is 6.46. The summed E-state index contributed by atoms with van der Waals surface area (Å²) in [6.07, 6.45) is 5.00. The van der Waals surface area contributed by atoms with Gasteiger partial charge in [-0.3, -0.25) is 0 Å². The molecule has 1 rings (SSSR count). The van der Waals surface area contributed by atoms with Gasteiger partial charge in [-0.1, -0.05) is 45.7 Å². The zero-order chi connectivity index (χ0) is 10.8. The molecule has 1 unspecified atom stereocenters. The van der Waals surface area contributed by atoms with Gasteiger partial charge in [-0.15, -0.1) is 0 Å². The van der Waals surface area contributed by atoms with E-state index in [-0.39, 0.29) is 5.41 Å². The van der Waals surface area contributed by atoms with Crippen LogP contribution < -0.4 is 0 Å². The van der Waals surface area contributed by atoms with Crippen LogP contribution >= 0.6 is 0 Å². The van der Waals surface area contributed by atoms with Crippen LogP contribution in [0.15, 0.2) is 5.16 Å². The van der Waals surface area contributed by atoms with Crippen molar-refractivity contribution in [3.8, 4) is 0 Å². The molecule has 2 heteroatoms. The van der Waals surface area contributed by atoms with E-state index in [9.17, 15) is 0 Å². The molecule has 0 aromatic carbocycles. The van der Waals surface area contributed by atoms with Gasteiger partial charge >= 0.3 is 0 Å². The predicted molar refractivity (Wildman–Crippen MR) is 59.8 cm³/mol. The highest BCUT2D eigenvalue weighted by Gasteiger charge is 2.31. The van der Waals surface area contributed by atoms with Crippen LogP contribution in [0.3, 0.4) is 0 Å². The molecule has 0 amide bonds. The minimum atomic E-state index is 0.199. The van der Waals surface area contributed by atoms with Crippen molar-refractivity contribution in [2.75, 3.05) is 0 Å². The maximum absolute atomic E-state index is 9.11. The number of hydrogen-bond donors (Lipinski definition) is 1. The van der Waals surface area contributed by atoms with Gasteiger partial charge in [0.25, 0.3) is 0 Å². The van der Waals surface area contributed by atoms with E-state index in [4.69, 9.17) is 5.21 Å². The van der Waals surface area contributed by atoms with Crippen molar-refractivity contribution in [3.05, 3.63) is 0 Å². The van der Waals surface area contributed by atoms with E-state index in [1.165, 1.54) is 25.7 Å². The van der Waals surface area contributed by atoms with Crippen molar-refractivity contribution in [1.29, 1.82) is 0 Å². The van der Waals surface area contributed by atoms with Crippen LogP contribution in [0, 0.1) is 17.3 Å². The van der Waals surface area contributed by atoms with E-state index >= 15 is 0 Å². The second-order valence-corrected chi connectivity index (χ2v) is 5.59. The highest BCUT2D eigenvalue weighted by Crippen LogP contribution is 2.35. The average molecular weight is 197 g/mol. The largest absolute Gasteiger partial charge is 0.411 e. The van der Waals surface area contributed by atoms with Crippen LogP contribution in [0.2, 0.25) is 0 Å². The zero-order valence-electron chi connectivity index (χ0n) is 9.88. The molecule has 14 heavy (non-hydrogen) atoms. The Hall–Kier alpha value is -0.530. The van der Waals surface area contributed by atoms with Crippen molar-refractivity contribution in [3.63, 3.8) is 0 Å². The molecule has 82 valence electrons. The highest BCUT2D eigenvalue weighted by atomic mass is 16.4. The molecular formula is C12H23NO. The maximum Gasteiger partial charge on any atom is 0.0634 e. The molecule has 0 saturated heterocycles. The van der Waals surface area contributed by atoms with Gasteiger partial charge in [0, 0.05) is 11.8 Å². The summed E-state index contributed by atoms with van der Waals surface area (Å²) in [6.45, 7) is 8.79. The molecule has 1 atom stereocenters. The minimum absolute atomic E-state index is 0.199. The van der Waals surface area contributed by atoms with Crippen LogP contribution in [0.5, 0.6) is 0 Å². The first-order valence-corrected chi connectivity index (χ1v) is 5.68. The van der Waals surface area contributed by atoms with E-state index in [0.717, 1.165) is 5.71 Å². The predicted octanol–water partition coefficient (Wildman–Crippen LogP) is 3.69. The fourth-order valence-corrected chi connectivity index (χ4v) is 2.19. The van der Waals surface area contributed by atoms with Gasteiger partial charge in [0.05, 0.1) is 5.71 Å².